The topological polar surface area (TPSA) is 86.8 Å². The Labute approximate surface area is 283 Å². The molecule has 4 aromatic rings. The minimum absolute atomic E-state index is 0.00661. The third-order valence-electron chi connectivity index (χ3n) is 7.00. The molecule has 0 unspecified atom stereocenters. The van der Waals surface area contributed by atoms with Crippen molar-refractivity contribution in [2.45, 2.75) is 37.2 Å². The lowest BCUT2D eigenvalue weighted by Crippen LogP contribution is -2.53. The van der Waals surface area contributed by atoms with Crippen molar-refractivity contribution in [1.82, 2.24) is 10.2 Å². The normalized spacial score (nSPS) is 11.9. The highest BCUT2D eigenvalue weighted by Crippen LogP contribution is 2.34. The van der Waals surface area contributed by atoms with Gasteiger partial charge in [0.2, 0.25) is 11.8 Å². The Morgan fingerprint density at radius 2 is 1.42 bits per heavy atom. The molecule has 4 rings (SSSR count). The standard InChI is InChI=1S/C33H31Cl4N3O4S/c1-2-18-38-33(42)31(19-23-10-5-3-6-11-23)39(21-26-27(35)14-9-15-28(26)36)32(41)22-40(30-20-24(34)16-17-29(30)37)45(43,44)25-12-7-4-8-13-25/h3-17,20,31H,2,18-19,21-22H2,1H3,(H,38,42)/t31-/m1/s1. The van der Waals surface area contributed by atoms with E-state index in [2.05, 4.69) is 5.32 Å². The third-order valence-corrected chi connectivity index (χ3v) is 10.0. The number of sulfonamides is 1. The van der Waals surface area contributed by atoms with Crippen LogP contribution in [0.25, 0.3) is 0 Å². The molecule has 0 aliphatic rings. The fourth-order valence-corrected chi connectivity index (χ4v) is 7.08. The molecule has 2 amide bonds. The molecule has 236 valence electrons. The van der Waals surface area contributed by atoms with Crippen molar-refractivity contribution in [3.8, 4) is 0 Å². The second-order valence-electron chi connectivity index (χ2n) is 10.1. The van der Waals surface area contributed by atoms with Crippen LogP contribution in [0.2, 0.25) is 20.1 Å². The molecule has 0 saturated carbocycles. The quantitative estimate of drug-likeness (QED) is 0.155. The molecule has 0 saturated heterocycles. The van der Waals surface area contributed by atoms with Gasteiger partial charge in [0.1, 0.15) is 12.6 Å². The zero-order valence-electron chi connectivity index (χ0n) is 24.3. The van der Waals surface area contributed by atoms with E-state index >= 15 is 0 Å². The van der Waals surface area contributed by atoms with E-state index in [1.54, 1.807) is 36.4 Å². The number of halogens is 4. The molecule has 1 N–H and O–H groups in total. The zero-order valence-corrected chi connectivity index (χ0v) is 28.1. The summed E-state index contributed by atoms with van der Waals surface area (Å²) < 4.78 is 29.1. The van der Waals surface area contributed by atoms with Crippen molar-refractivity contribution in [1.29, 1.82) is 0 Å². The minimum Gasteiger partial charge on any atom is -0.354 e. The van der Waals surface area contributed by atoms with Crippen LogP contribution in [0.3, 0.4) is 0 Å². The van der Waals surface area contributed by atoms with E-state index in [9.17, 15) is 18.0 Å². The molecule has 0 fully saturated rings. The molecule has 1 atom stereocenters. The first-order valence-corrected chi connectivity index (χ1v) is 17.0. The van der Waals surface area contributed by atoms with Gasteiger partial charge >= 0.3 is 0 Å². The smallest absolute Gasteiger partial charge is 0.264 e. The van der Waals surface area contributed by atoms with Crippen molar-refractivity contribution < 1.29 is 18.0 Å². The summed E-state index contributed by atoms with van der Waals surface area (Å²) in [7, 11) is -4.34. The summed E-state index contributed by atoms with van der Waals surface area (Å²) in [6.07, 6.45) is 0.817. The Morgan fingerprint density at radius 1 is 0.800 bits per heavy atom. The van der Waals surface area contributed by atoms with Gasteiger partial charge in [-0.05, 0) is 54.4 Å². The fourth-order valence-electron chi connectivity index (χ4n) is 4.68. The first-order chi connectivity index (χ1) is 21.5. The minimum atomic E-state index is -4.34. The van der Waals surface area contributed by atoms with Crippen LogP contribution in [0.4, 0.5) is 5.69 Å². The van der Waals surface area contributed by atoms with E-state index in [0.717, 1.165) is 9.87 Å². The molecular formula is C33H31Cl4N3O4S. The van der Waals surface area contributed by atoms with Crippen molar-refractivity contribution in [3.05, 3.63) is 128 Å². The summed E-state index contributed by atoms with van der Waals surface area (Å²) in [6, 6.07) is 25.1. The van der Waals surface area contributed by atoms with Crippen molar-refractivity contribution >= 4 is 73.9 Å². The lowest BCUT2D eigenvalue weighted by molar-refractivity contribution is -0.140. The highest BCUT2D eigenvalue weighted by atomic mass is 35.5. The number of carbonyl (C=O) groups is 2. The lowest BCUT2D eigenvalue weighted by Gasteiger charge is -2.34. The van der Waals surface area contributed by atoms with Gasteiger partial charge in [0.05, 0.1) is 15.6 Å². The number of anilines is 1. The van der Waals surface area contributed by atoms with Gasteiger partial charge in [-0.15, -0.1) is 0 Å². The maximum absolute atomic E-state index is 14.5. The number of amides is 2. The van der Waals surface area contributed by atoms with Crippen LogP contribution >= 0.6 is 46.4 Å². The average Bonchev–Trinajstić information content (AvgIpc) is 3.03. The summed E-state index contributed by atoms with van der Waals surface area (Å²) in [4.78, 5) is 29.5. The third kappa shape index (κ3) is 8.71. The Kier molecular flexibility index (Phi) is 12.2. The molecule has 0 bridgehead atoms. The summed E-state index contributed by atoms with van der Waals surface area (Å²) in [5, 5.41) is 3.76. The highest BCUT2D eigenvalue weighted by molar-refractivity contribution is 7.92. The van der Waals surface area contributed by atoms with Gasteiger partial charge in [-0.25, -0.2) is 8.42 Å². The lowest BCUT2D eigenvalue weighted by atomic mass is 10.0. The Balaban J connectivity index is 1.85. The van der Waals surface area contributed by atoms with Gasteiger partial charge in [0.25, 0.3) is 10.0 Å². The van der Waals surface area contributed by atoms with Crippen LogP contribution in [0, 0.1) is 0 Å². The van der Waals surface area contributed by atoms with Crippen LogP contribution in [0.5, 0.6) is 0 Å². The van der Waals surface area contributed by atoms with E-state index in [0.29, 0.717) is 28.6 Å². The van der Waals surface area contributed by atoms with Crippen LogP contribution in [0.15, 0.2) is 102 Å². The van der Waals surface area contributed by atoms with Gasteiger partial charge in [0, 0.05) is 40.1 Å². The summed E-state index contributed by atoms with van der Waals surface area (Å²) in [5.74, 6) is -1.09. The number of hydrogen-bond donors (Lipinski definition) is 1. The van der Waals surface area contributed by atoms with Crippen molar-refractivity contribution in [3.63, 3.8) is 0 Å². The van der Waals surface area contributed by atoms with E-state index in [4.69, 9.17) is 46.4 Å². The van der Waals surface area contributed by atoms with Gasteiger partial charge in [-0.3, -0.25) is 13.9 Å². The monoisotopic (exact) mass is 705 g/mol. The molecule has 4 aromatic carbocycles. The highest BCUT2D eigenvalue weighted by Gasteiger charge is 2.35. The average molecular weight is 708 g/mol. The molecule has 12 heteroatoms. The molecule has 0 aliphatic heterocycles. The first kappa shape index (κ1) is 34.6. The molecule has 0 aromatic heterocycles. The van der Waals surface area contributed by atoms with Gasteiger partial charge in [-0.1, -0.05) is 108 Å². The van der Waals surface area contributed by atoms with Crippen LogP contribution in [-0.4, -0.2) is 44.3 Å². The number of carbonyl (C=O) groups excluding carboxylic acids is 2. The van der Waals surface area contributed by atoms with Crippen LogP contribution < -0.4 is 9.62 Å². The first-order valence-electron chi connectivity index (χ1n) is 14.1. The van der Waals surface area contributed by atoms with Crippen LogP contribution in [-0.2, 0) is 32.6 Å². The number of hydrogen-bond acceptors (Lipinski definition) is 4. The van der Waals surface area contributed by atoms with Crippen molar-refractivity contribution in [2.75, 3.05) is 17.4 Å². The maximum Gasteiger partial charge on any atom is 0.264 e. The molecule has 0 heterocycles. The van der Waals surface area contributed by atoms with Crippen molar-refractivity contribution in [2.24, 2.45) is 0 Å². The predicted molar refractivity (Wildman–Crippen MR) is 182 cm³/mol. The van der Waals surface area contributed by atoms with Gasteiger partial charge in [0.15, 0.2) is 0 Å². The number of benzene rings is 4. The summed E-state index contributed by atoms with van der Waals surface area (Å²) in [5.41, 5.74) is 1.21. The van der Waals surface area contributed by atoms with E-state index in [1.807, 2.05) is 37.3 Å². The predicted octanol–water partition coefficient (Wildman–Crippen LogP) is 7.66. The molecule has 0 spiro atoms. The summed E-state index contributed by atoms with van der Waals surface area (Å²) in [6.45, 7) is 1.42. The molecule has 7 nitrogen and oxygen atoms in total. The van der Waals surface area contributed by atoms with E-state index < -0.39 is 34.4 Å². The van der Waals surface area contributed by atoms with E-state index in [1.165, 1.54) is 35.2 Å². The number of nitrogens with zero attached hydrogens (tertiary/aromatic N) is 2. The zero-order chi connectivity index (χ0) is 32.6. The van der Waals surface area contributed by atoms with Gasteiger partial charge < -0.3 is 10.2 Å². The maximum atomic E-state index is 14.5. The molecular weight excluding hydrogens is 676 g/mol. The fraction of sp³-hybridized carbons (Fsp3) is 0.212. The molecule has 45 heavy (non-hydrogen) atoms. The SMILES string of the molecule is CCCNC(=O)[C@@H](Cc1ccccc1)N(Cc1c(Cl)cccc1Cl)C(=O)CN(c1cc(Cl)ccc1Cl)S(=O)(=O)c1ccccc1. The number of nitrogens with one attached hydrogen (secondary N) is 1. The Morgan fingerprint density at radius 3 is 2.04 bits per heavy atom. The number of rotatable bonds is 13. The summed E-state index contributed by atoms with van der Waals surface area (Å²) >= 11 is 25.9. The Hall–Kier alpha value is -3.27. The molecule has 0 radical (unpaired) electrons. The Bertz CT molecular complexity index is 1720. The van der Waals surface area contributed by atoms with E-state index in [-0.39, 0.29) is 33.6 Å². The largest absolute Gasteiger partial charge is 0.354 e. The molecule has 0 aliphatic carbocycles. The van der Waals surface area contributed by atoms with Gasteiger partial charge in [-0.2, -0.15) is 0 Å². The second-order valence-corrected chi connectivity index (χ2v) is 13.7. The second kappa shape index (κ2) is 15.8. The van der Waals surface area contributed by atoms with Crippen LogP contribution in [0.1, 0.15) is 24.5 Å².